The zero-order valence-corrected chi connectivity index (χ0v) is 8.15. The fraction of sp³-hybridized carbons (Fsp3) is 0.100. The molecule has 0 saturated heterocycles. The second-order valence-electron chi connectivity index (χ2n) is 2.80. The van der Waals surface area contributed by atoms with Crippen LogP contribution >= 0.6 is 11.6 Å². The zero-order valence-electron chi connectivity index (χ0n) is 7.39. The number of rotatable bonds is 2. The van der Waals surface area contributed by atoms with Crippen LogP contribution in [0, 0.1) is 0 Å². The molecule has 3 nitrogen and oxygen atoms in total. The van der Waals surface area contributed by atoms with Crippen LogP contribution in [0.3, 0.4) is 0 Å². The highest BCUT2D eigenvalue weighted by Gasteiger charge is 2.05. The van der Waals surface area contributed by atoms with E-state index in [1.807, 2.05) is 28.8 Å². The topological polar surface area (TPSA) is 37.5 Å². The Morgan fingerprint density at radius 2 is 2.36 bits per heavy atom. The number of imidazole rings is 1. The molecule has 0 saturated carbocycles. The highest BCUT2D eigenvalue weighted by molar-refractivity contribution is 6.31. The Balaban J connectivity index is 2.62. The third kappa shape index (κ3) is 1.52. The van der Waals surface area contributed by atoms with Gasteiger partial charge < -0.3 is 5.11 Å². The van der Waals surface area contributed by atoms with Gasteiger partial charge in [0.15, 0.2) is 5.15 Å². The van der Waals surface area contributed by atoms with Gasteiger partial charge in [0.25, 0.3) is 0 Å². The number of pyridine rings is 1. The van der Waals surface area contributed by atoms with Crippen molar-refractivity contribution in [2.45, 2.75) is 0 Å². The van der Waals surface area contributed by atoms with Crippen molar-refractivity contribution in [3.05, 3.63) is 41.3 Å². The second-order valence-corrected chi connectivity index (χ2v) is 3.16. The molecule has 2 heterocycles. The van der Waals surface area contributed by atoms with Gasteiger partial charge in [0.1, 0.15) is 5.65 Å². The molecule has 0 spiro atoms. The van der Waals surface area contributed by atoms with Gasteiger partial charge in [-0.05, 0) is 18.2 Å². The van der Waals surface area contributed by atoms with Crippen LogP contribution in [-0.2, 0) is 0 Å². The van der Waals surface area contributed by atoms with Crippen molar-refractivity contribution in [1.29, 1.82) is 0 Å². The Kier molecular flexibility index (Phi) is 2.52. The molecule has 2 aromatic heterocycles. The third-order valence-electron chi connectivity index (χ3n) is 1.90. The molecule has 2 aromatic rings. The predicted molar refractivity (Wildman–Crippen MR) is 56.3 cm³/mol. The molecule has 1 N–H and O–H groups in total. The van der Waals surface area contributed by atoms with Crippen LogP contribution < -0.4 is 0 Å². The largest absolute Gasteiger partial charge is 0.392 e. The zero-order chi connectivity index (χ0) is 9.97. The summed E-state index contributed by atoms with van der Waals surface area (Å²) in [6.45, 7) is -0.00358. The van der Waals surface area contributed by atoms with Gasteiger partial charge in [-0.1, -0.05) is 23.7 Å². The molecule has 0 amide bonds. The molecule has 0 atom stereocenters. The summed E-state index contributed by atoms with van der Waals surface area (Å²) in [6, 6.07) is 5.68. The molecule has 0 aliphatic rings. The first-order valence-corrected chi connectivity index (χ1v) is 4.60. The van der Waals surface area contributed by atoms with Crippen LogP contribution in [0.15, 0.2) is 30.5 Å². The van der Waals surface area contributed by atoms with E-state index in [-0.39, 0.29) is 6.61 Å². The molecule has 72 valence electrons. The van der Waals surface area contributed by atoms with Crippen molar-refractivity contribution in [1.82, 2.24) is 9.38 Å². The van der Waals surface area contributed by atoms with Crippen molar-refractivity contribution in [3.63, 3.8) is 0 Å². The fourth-order valence-corrected chi connectivity index (χ4v) is 1.54. The number of nitrogens with zero attached hydrogens (tertiary/aromatic N) is 2. The molecular weight excluding hydrogens is 200 g/mol. The van der Waals surface area contributed by atoms with Gasteiger partial charge in [0, 0.05) is 6.20 Å². The highest BCUT2D eigenvalue weighted by Crippen LogP contribution is 2.18. The molecule has 0 unspecified atom stereocenters. The molecule has 4 heteroatoms. The summed E-state index contributed by atoms with van der Waals surface area (Å²) in [5.41, 5.74) is 1.59. The standard InChI is InChI=1S/C10H9ClN2O/c11-10-8(4-3-7-14)13-6-2-1-5-9(13)12-10/h1-6,14H,7H2. The number of halogens is 1. The van der Waals surface area contributed by atoms with Crippen LogP contribution in [0.2, 0.25) is 5.15 Å². The molecule has 0 aliphatic heterocycles. The summed E-state index contributed by atoms with van der Waals surface area (Å²) >= 11 is 5.94. The van der Waals surface area contributed by atoms with Gasteiger partial charge in [-0.2, -0.15) is 0 Å². The summed E-state index contributed by atoms with van der Waals surface area (Å²) in [4.78, 5) is 4.16. The summed E-state index contributed by atoms with van der Waals surface area (Å²) in [7, 11) is 0. The maximum Gasteiger partial charge on any atom is 0.155 e. The summed E-state index contributed by atoms with van der Waals surface area (Å²) in [6.07, 6.45) is 5.26. The Hall–Kier alpha value is -1.32. The Morgan fingerprint density at radius 3 is 3.14 bits per heavy atom. The first-order valence-electron chi connectivity index (χ1n) is 4.23. The smallest absolute Gasteiger partial charge is 0.155 e. The molecule has 2 rings (SSSR count). The van der Waals surface area contributed by atoms with Crippen LogP contribution in [0.5, 0.6) is 0 Å². The van der Waals surface area contributed by atoms with Gasteiger partial charge in [-0.25, -0.2) is 4.98 Å². The number of aliphatic hydroxyl groups excluding tert-OH is 1. The lowest BCUT2D eigenvalue weighted by Crippen LogP contribution is -1.85. The predicted octanol–water partition coefficient (Wildman–Crippen LogP) is 1.99. The van der Waals surface area contributed by atoms with E-state index in [1.165, 1.54) is 0 Å². The maximum absolute atomic E-state index is 8.67. The molecule has 0 radical (unpaired) electrons. The molecular formula is C10H9ClN2O. The van der Waals surface area contributed by atoms with E-state index in [2.05, 4.69) is 4.98 Å². The minimum atomic E-state index is -0.00358. The quantitative estimate of drug-likeness (QED) is 0.820. The minimum Gasteiger partial charge on any atom is -0.392 e. The van der Waals surface area contributed by atoms with Gasteiger partial charge >= 0.3 is 0 Å². The molecule has 0 fully saturated rings. The fourth-order valence-electron chi connectivity index (χ4n) is 1.30. The lowest BCUT2D eigenvalue weighted by atomic mass is 10.4. The van der Waals surface area contributed by atoms with Crippen molar-refractivity contribution < 1.29 is 5.11 Å². The Labute approximate surface area is 86.3 Å². The molecule has 14 heavy (non-hydrogen) atoms. The van der Waals surface area contributed by atoms with Gasteiger partial charge in [0.2, 0.25) is 0 Å². The molecule has 0 aliphatic carbocycles. The van der Waals surface area contributed by atoms with Crippen LogP contribution in [0.25, 0.3) is 11.7 Å². The lowest BCUT2D eigenvalue weighted by Gasteiger charge is -1.94. The van der Waals surface area contributed by atoms with Gasteiger partial charge in [-0.3, -0.25) is 4.40 Å². The summed E-state index contributed by atoms with van der Waals surface area (Å²) in [5, 5.41) is 9.11. The van der Waals surface area contributed by atoms with E-state index >= 15 is 0 Å². The van der Waals surface area contributed by atoms with Gasteiger partial charge in [0.05, 0.1) is 12.3 Å². The number of aliphatic hydroxyl groups is 1. The highest BCUT2D eigenvalue weighted by atomic mass is 35.5. The summed E-state index contributed by atoms with van der Waals surface area (Å²) < 4.78 is 1.87. The average Bonchev–Trinajstić information content (AvgIpc) is 2.51. The SMILES string of the molecule is OCC=Cc1c(Cl)nc2ccccn12. The van der Waals surface area contributed by atoms with E-state index in [0.29, 0.717) is 5.15 Å². The van der Waals surface area contributed by atoms with Crippen LogP contribution in [0.1, 0.15) is 5.69 Å². The maximum atomic E-state index is 8.67. The number of hydrogen-bond acceptors (Lipinski definition) is 2. The normalized spacial score (nSPS) is 11.6. The van der Waals surface area contributed by atoms with E-state index in [0.717, 1.165) is 11.3 Å². The van der Waals surface area contributed by atoms with Crippen molar-refractivity contribution >= 4 is 23.3 Å². The van der Waals surface area contributed by atoms with E-state index in [1.54, 1.807) is 12.2 Å². The number of hydrogen-bond donors (Lipinski definition) is 1. The third-order valence-corrected chi connectivity index (χ3v) is 2.18. The van der Waals surface area contributed by atoms with Crippen LogP contribution in [-0.4, -0.2) is 21.1 Å². The van der Waals surface area contributed by atoms with Crippen molar-refractivity contribution in [2.24, 2.45) is 0 Å². The monoisotopic (exact) mass is 208 g/mol. The second kappa shape index (κ2) is 3.82. The van der Waals surface area contributed by atoms with Crippen molar-refractivity contribution in [3.8, 4) is 0 Å². The number of aromatic nitrogens is 2. The number of fused-ring (bicyclic) bond motifs is 1. The van der Waals surface area contributed by atoms with E-state index < -0.39 is 0 Å². The minimum absolute atomic E-state index is 0.00358. The summed E-state index contributed by atoms with van der Waals surface area (Å²) in [5.74, 6) is 0. The molecule has 0 bridgehead atoms. The first kappa shape index (κ1) is 9.24. The van der Waals surface area contributed by atoms with Crippen LogP contribution in [0.4, 0.5) is 0 Å². The first-order chi connectivity index (χ1) is 6.83. The lowest BCUT2D eigenvalue weighted by molar-refractivity contribution is 0.343. The van der Waals surface area contributed by atoms with Gasteiger partial charge in [-0.15, -0.1) is 0 Å². The van der Waals surface area contributed by atoms with E-state index in [9.17, 15) is 0 Å². The molecule has 0 aromatic carbocycles. The van der Waals surface area contributed by atoms with E-state index in [4.69, 9.17) is 16.7 Å². The Bertz CT molecular complexity index is 476. The average molecular weight is 209 g/mol. The van der Waals surface area contributed by atoms with Crippen molar-refractivity contribution in [2.75, 3.05) is 6.61 Å². The Morgan fingerprint density at radius 1 is 1.50 bits per heavy atom.